The van der Waals surface area contributed by atoms with Gasteiger partial charge in [-0.2, -0.15) is 0 Å². The highest BCUT2D eigenvalue weighted by Crippen LogP contribution is 2.10. The molecule has 1 aromatic heterocycles. The van der Waals surface area contributed by atoms with E-state index in [4.69, 9.17) is 0 Å². The molecule has 0 amide bonds. The third-order valence-electron chi connectivity index (χ3n) is 2.41. The second-order valence-corrected chi connectivity index (χ2v) is 3.69. The number of allylic oxidation sites excluding steroid dienone is 1. The quantitative estimate of drug-likeness (QED) is 0.638. The first-order valence-corrected chi connectivity index (χ1v) is 5.33. The molecule has 1 aliphatic carbocycles. The highest BCUT2D eigenvalue weighted by molar-refractivity contribution is 6.01. The van der Waals surface area contributed by atoms with Gasteiger partial charge >= 0.3 is 0 Å². The summed E-state index contributed by atoms with van der Waals surface area (Å²) in [6.07, 6.45) is 4.62. The summed E-state index contributed by atoms with van der Waals surface area (Å²) in [5.41, 5.74) is 0.928. The molecule has 1 heterocycles. The van der Waals surface area contributed by atoms with Crippen molar-refractivity contribution >= 4 is 5.71 Å². The van der Waals surface area contributed by atoms with Gasteiger partial charge in [-0.15, -0.1) is 0 Å². The number of rotatable bonds is 3. The van der Waals surface area contributed by atoms with Crippen LogP contribution in [0.4, 0.5) is 0 Å². The molecule has 6 nitrogen and oxygen atoms in total. The molecule has 1 aromatic rings. The Labute approximate surface area is 103 Å². The summed E-state index contributed by atoms with van der Waals surface area (Å²) in [5.74, 6) is 0. The van der Waals surface area contributed by atoms with E-state index in [1.54, 1.807) is 18.3 Å². The van der Waals surface area contributed by atoms with Crippen molar-refractivity contribution < 1.29 is 10.0 Å². The van der Waals surface area contributed by atoms with Crippen LogP contribution in [0, 0.1) is 10.1 Å². The highest BCUT2D eigenvalue weighted by Gasteiger charge is 2.18. The van der Waals surface area contributed by atoms with Crippen molar-refractivity contribution in [2.75, 3.05) is 0 Å². The Kier molecular flexibility index (Phi) is 3.59. The number of aliphatic imine (C=N–C) groups is 1. The maximum absolute atomic E-state index is 10.6. The molecule has 0 aromatic carbocycles. The average molecular weight is 245 g/mol. The zero-order valence-electron chi connectivity index (χ0n) is 9.43. The van der Waals surface area contributed by atoms with Crippen LogP contribution in [0.25, 0.3) is 0 Å². The first-order chi connectivity index (χ1) is 8.66. The maximum atomic E-state index is 10.6. The number of aliphatic hydroxyl groups excluding tert-OH is 1. The molecule has 1 atom stereocenters. The van der Waals surface area contributed by atoms with Crippen LogP contribution in [-0.2, 0) is 6.54 Å². The van der Waals surface area contributed by atoms with E-state index in [9.17, 15) is 15.2 Å². The first-order valence-electron chi connectivity index (χ1n) is 5.33. The van der Waals surface area contributed by atoms with E-state index in [1.807, 2.05) is 6.07 Å². The lowest BCUT2D eigenvalue weighted by atomic mass is 10.1. The van der Waals surface area contributed by atoms with E-state index in [0.29, 0.717) is 0 Å². The standard InChI is InChI=1S/C12H11N3O3/c16-12-5-4-10(15(17)18)7-11(12)14-8-9-3-1-2-6-13-9/h1-7,12,16H,8H2. The number of aliphatic hydroxyl groups is 1. The van der Waals surface area contributed by atoms with Gasteiger partial charge in [-0.05, 0) is 18.2 Å². The number of hydrogen-bond donors (Lipinski definition) is 1. The first kappa shape index (κ1) is 12.1. The summed E-state index contributed by atoms with van der Waals surface area (Å²) in [6, 6.07) is 5.42. The van der Waals surface area contributed by atoms with Crippen LogP contribution < -0.4 is 0 Å². The van der Waals surface area contributed by atoms with Crippen molar-refractivity contribution in [1.29, 1.82) is 0 Å². The van der Waals surface area contributed by atoms with Gasteiger partial charge < -0.3 is 5.11 Å². The van der Waals surface area contributed by atoms with Gasteiger partial charge in [0.1, 0.15) is 6.10 Å². The molecule has 0 aliphatic heterocycles. The van der Waals surface area contributed by atoms with Crippen molar-refractivity contribution in [3.63, 3.8) is 0 Å². The summed E-state index contributed by atoms with van der Waals surface area (Å²) in [4.78, 5) is 18.3. The Morgan fingerprint density at radius 1 is 1.50 bits per heavy atom. The number of pyridine rings is 1. The molecular formula is C12H11N3O3. The number of nitro groups is 1. The number of nitrogens with zero attached hydrogens (tertiary/aromatic N) is 3. The molecule has 1 N–H and O–H groups in total. The summed E-state index contributed by atoms with van der Waals surface area (Å²) in [6.45, 7) is 0.280. The van der Waals surface area contributed by atoms with E-state index >= 15 is 0 Å². The van der Waals surface area contributed by atoms with Crippen LogP contribution >= 0.6 is 0 Å². The zero-order chi connectivity index (χ0) is 13.0. The molecule has 0 fully saturated rings. The van der Waals surface area contributed by atoms with Gasteiger partial charge in [-0.3, -0.25) is 20.1 Å². The lowest BCUT2D eigenvalue weighted by Gasteiger charge is -2.09. The number of aromatic nitrogens is 1. The molecule has 0 bridgehead atoms. The molecule has 0 radical (unpaired) electrons. The van der Waals surface area contributed by atoms with Crippen molar-refractivity contribution in [3.8, 4) is 0 Å². The Bertz CT molecular complexity index is 535. The Balaban J connectivity index is 2.17. The van der Waals surface area contributed by atoms with Gasteiger partial charge in [-0.25, -0.2) is 0 Å². The van der Waals surface area contributed by atoms with E-state index in [1.165, 1.54) is 18.2 Å². The van der Waals surface area contributed by atoms with E-state index in [-0.39, 0.29) is 18.0 Å². The molecule has 92 valence electrons. The summed E-state index contributed by atoms with van der Waals surface area (Å²) in [5, 5.41) is 20.3. The largest absolute Gasteiger partial charge is 0.383 e. The van der Waals surface area contributed by atoms with Gasteiger partial charge in [0.15, 0.2) is 0 Å². The molecule has 0 saturated carbocycles. The average Bonchev–Trinajstić information content (AvgIpc) is 2.38. The molecule has 1 aliphatic rings. The van der Waals surface area contributed by atoms with E-state index in [0.717, 1.165) is 5.69 Å². The SMILES string of the molecule is O=[N+]([O-])C1=CC(=NCc2ccccn2)C(O)C=C1. The molecule has 18 heavy (non-hydrogen) atoms. The fourth-order valence-corrected chi connectivity index (χ4v) is 1.49. The maximum Gasteiger partial charge on any atom is 0.271 e. The summed E-state index contributed by atoms with van der Waals surface area (Å²) in [7, 11) is 0. The van der Waals surface area contributed by atoms with Gasteiger partial charge in [0, 0.05) is 18.3 Å². The third kappa shape index (κ3) is 2.86. The van der Waals surface area contributed by atoms with Crippen LogP contribution in [0.5, 0.6) is 0 Å². The lowest BCUT2D eigenvalue weighted by Crippen LogP contribution is -2.21. The lowest BCUT2D eigenvalue weighted by molar-refractivity contribution is -0.419. The van der Waals surface area contributed by atoms with Crippen molar-refractivity contribution in [1.82, 2.24) is 4.98 Å². The van der Waals surface area contributed by atoms with Gasteiger partial charge in [0.05, 0.1) is 22.9 Å². The third-order valence-corrected chi connectivity index (χ3v) is 2.41. The topological polar surface area (TPSA) is 88.6 Å². The minimum absolute atomic E-state index is 0.0833. The van der Waals surface area contributed by atoms with Crippen LogP contribution in [0.2, 0.25) is 0 Å². The smallest absolute Gasteiger partial charge is 0.271 e. The van der Waals surface area contributed by atoms with Crippen molar-refractivity contribution in [2.45, 2.75) is 12.6 Å². The van der Waals surface area contributed by atoms with Gasteiger partial charge in [-0.1, -0.05) is 6.07 Å². The highest BCUT2D eigenvalue weighted by atomic mass is 16.6. The van der Waals surface area contributed by atoms with Crippen LogP contribution in [0.15, 0.2) is 53.3 Å². The molecule has 0 spiro atoms. The zero-order valence-corrected chi connectivity index (χ0v) is 9.43. The Morgan fingerprint density at radius 3 is 3.00 bits per heavy atom. The van der Waals surface area contributed by atoms with Crippen LogP contribution in [-0.4, -0.2) is 26.8 Å². The molecule has 1 unspecified atom stereocenters. The molecule has 0 saturated heterocycles. The van der Waals surface area contributed by atoms with Crippen molar-refractivity contribution in [2.24, 2.45) is 4.99 Å². The van der Waals surface area contributed by atoms with Gasteiger partial charge in [0.2, 0.25) is 0 Å². The van der Waals surface area contributed by atoms with E-state index < -0.39 is 11.0 Å². The summed E-state index contributed by atoms with van der Waals surface area (Å²) < 4.78 is 0. The summed E-state index contributed by atoms with van der Waals surface area (Å²) >= 11 is 0. The molecular weight excluding hydrogens is 234 g/mol. The second-order valence-electron chi connectivity index (χ2n) is 3.69. The van der Waals surface area contributed by atoms with Crippen molar-refractivity contribution in [3.05, 3.63) is 64.1 Å². The fraction of sp³-hybridized carbons (Fsp3) is 0.167. The minimum atomic E-state index is -0.905. The van der Waals surface area contributed by atoms with Crippen LogP contribution in [0.1, 0.15) is 5.69 Å². The Morgan fingerprint density at radius 2 is 2.33 bits per heavy atom. The predicted molar refractivity (Wildman–Crippen MR) is 65.6 cm³/mol. The normalized spacial score (nSPS) is 20.8. The second kappa shape index (κ2) is 5.33. The van der Waals surface area contributed by atoms with Gasteiger partial charge in [0.25, 0.3) is 5.70 Å². The number of hydrogen-bond acceptors (Lipinski definition) is 5. The minimum Gasteiger partial charge on any atom is -0.383 e. The molecule has 6 heteroatoms. The van der Waals surface area contributed by atoms with E-state index in [2.05, 4.69) is 9.98 Å². The fourth-order valence-electron chi connectivity index (χ4n) is 1.49. The van der Waals surface area contributed by atoms with Crippen LogP contribution in [0.3, 0.4) is 0 Å². The Hall–Kier alpha value is -2.34. The monoisotopic (exact) mass is 245 g/mol. The predicted octanol–water partition coefficient (Wildman–Crippen LogP) is 1.11. The molecule has 2 rings (SSSR count).